The third kappa shape index (κ3) is 11.2. The molecule has 44 heavy (non-hydrogen) atoms. The van der Waals surface area contributed by atoms with E-state index in [2.05, 4.69) is 25.7 Å². The number of esters is 2. The zero-order valence-corrected chi connectivity index (χ0v) is 24.2. The molecule has 1 unspecified atom stereocenters. The van der Waals surface area contributed by atoms with E-state index in [0.717, 1.165) is 17.5 Å². The largest absolute Gasteiger partial charge is 0.491 e. The molecule has 3 N–H and O–H groups in total. The van der Waals surface area contributed by atoms with Crippen LogP contribution in [0.1, 0.15) is 57.1 Å². The summed E-state index contributed by atoms with van der Waals surface area (Å²) in [6, 6.07) is 19.4. The lowest BCUT2D eigenvalue weighted by Crippen LogP contribution is -2.48. The number of alkyl halides is 3. The predicted octanol–water partition coefficient (Wildman–Crippen LogP) is 5.50. The van der Waals surface area contributed by atoms with Crippen LogP contribution in [-0.2, 0) is 23.9 Å². The number of benzene rings is 2. The maximum absolute atomic E-state index is 13.4. The summed E-state index contributed by atoms with van der Waals surface area (Å²) in [7, 11) is 0. The Hall–Kier alpha value is -4.74. The van der Waals surface area contributed by atoms with Crippen LogP contribution >= 0.6 is 0 Å². The van der Waals surface area contributed by atoms with Gasteiger partial charge in [-0.05, 0) is 41.7 Å². The van der Waals surface area contributed by atoms with Gasteiger partial charge in [-0.2, -0.15) is 13.2 Å². The molecule has 0 bridgehead atoms. The molecule has 3 rings (SSSR count). The van der Waals surface area contributed by atoms with Crippen molar-refractivity contribution < 1.29 is 37.1 Å². The molecule has 0 radical (unpaired) electrons. The van der Waals surface area contributed by atoms with E-state index in [1.807, 2.05) is 43.3 Å². The summed E-state index contributed by atoms with van der Waals surface area (Å²) in [6.45, 7) is 2.40. The highest BCUT2D eigenvalue weighted by atomic mass is 19.4. The first-order valence-corrected chi connectivity index (χ1v) is 14.3. The molecule has 2 aromatic carbocycles. The molecule has 234 valence electrons. The molecule has 0 saturated heterocycles. The van der Waals surface area contributed by atoms with Gasteiger partial charge in [0.2, 0.25) is 11.8 Å². The van der Waals surface area contributed by atoms with Crippen LogP contribution in [0, 0.1) is 0 Å². The topological polar surface area (TPSA) is 126 Å². The molecular formula is C32H35F3N4O5. The highest BCUT2D eigenvalue weighted by molar-refractivity contribution is 5.90. The molecule has 0 spiro atoms. The molecule has 3 aromatic rings. The van der Waals surface area contributed by atoms with Crippen molar-refractivity contribution in [1.82, 2.24) is 15.6 Å². The number of pyridine rings is 1. The van der Waals surface area contributed by atoms with Crippen LogP contribution in [-0.4, -0.2) is 47.5 Å². The fourth-order valence-electron chi connectivity index (χ4n) is 4.31. The Morgan fingerprint density at radius 2 is 1.55 bits per heavy atom. The van der Waals surface area contributed by atoms with Crippen LogP contribution < -0.4 is 16.0 Å². The highest BCUT2D eigenvalue weighted by Crippen LogP contribution is 2.25. The fraction of sp³-hybridized carbons (Fsp3) is 0.344. The van der Waals surface area contributed by atoms with Crippen LogP contribution in [0.3, 0.4) is 0 Å². The van der Waals surface area contributed by atoms with Crippen molar-refractivity contribution >= 4 is 29.6 Å². The van der Waals surface area contributed by atoms with Gasteiger partial charge in [0.1, 0.15) is 11.9 Å². The molecule has 1 heterocycles. The summed E-state index contributed by atoms with van der Waals surface area (Å²) in [5, 5.41) is 8.50. The number of amides is 2. The summed E-state index contributed by atoms with van der Waals surface area (Å²) in [4.78, 5) is 53.8. The molecule has 2 amide bonds. The van der Waals surface area contributed by atoms with Crippen molar-refractivity contribution in [2.75, 3.05) is 11.9 Å². The lowest BCUT2D eigenvalue weighted by molar-refractivity contribution is -0.202. The monoisotopic (exact) mass is 612 g/mol. The maximum atomic E-state index is 13.4. The van der Waals surface area contributed by atoms with E-state index in [1.54, 1.807) is 42.6 Å². The van der Waals surface area contributed by atoms with Crippen LogP contribution in [0.4, 0.5) is 19.0 Å². The zero-order valence-electron chi connectivity index (χ0n) is 24.2. The Morgan fingerprint density at radius 1 is 0.864 bits per heavy atom. The SMILES string of the molecule is CCCC[C@H](NC(=O)CCCNc1ccccn1)C(=O)NC(CC(=O)OC(=O)C(F)(F)F)c1ccc(-c2ccccc2)cc1. The van der Waals surface area contributed by atoms with E-state index in [0.29, 0.717) is 37.2 Å². The first kappa shape index (κ1) is 33.8. The van der Waals surface area contributed by atoms with E-state index in [9.17, 15) is 32.3 Å². The van der Waals surface area contributed by atoms with E-state index in [4.69, 9.17) is 0 Å². The number of anilines is 1. The van der Waals surface area contributed by atoms with Gasteiger partial charge in [0, 0.05) is 19.2 Å². The van der Waals surface area contributed by atoms with E-state index < -0.39 is 42.5 Å². The maximum Gasteiger partial charge on any atom is 0.491 e. The normalized spacial score (nSPS) is 12.5. The average Bonchev–Trinajstić information content (AvgIpc) is 3.01. The third-order valence-electron chi connectivity index (χ3n) is 6.60. The number of ether oxygens (including phenoxy) is 1. The second-order valence-corrected chi connectivity index (χ2v) is 10.0. The van der Waals surface area contributed by atoms with Crippen LogP contribution in [0.25, 0.3) is 11.1 Å². The minimum atomic E-state index is -5.35. The molecule has 0 fully saturated rings. The second-order valence-electron chi connectivity index (χ2n) is 10.0. The first-order valence-electron chi connectivity index (χ1n) is 14.3. The molecule has 1 aromatic heterocycles. The minimum Gasteiger partial charge on any atom is -0.386 e. The van der Waals surface area contributed by atoms with Gasteiger partial charge < -0.3 is 20.7 Å². The highest BCUT2D eigenvalue weighted by Gasteiger charge is 2.42. The molecule has 9 nitrogen and oxygen atoms in total. The van der Waals surface area contributed by atoms with Gasteiger partial charge in [-0.25, -0.2) is 9.78 Å². The first-order chi connectivity index (χ1) is 21.1. The van der Waals surface area contributed by atoms with Gasteiger partial charge in [0.25, 0.3) is 0 Å². The van der Waals surface area contributed by atoms with Crippen LogP contribution in [0.5, 0.6) is 0 Å². The zero-order chi connectivity index (χ0) is 32.0. The Bertz CT molecular complexity index is 1370. The quantitative estimate of drug-likeness (QED) is 0.118. The van der Waals surface area contributed by atoms with E-state index >= 15 is 0 Å². The second kappa shape index (κ2) is 16.8. The van der Waals surface area contributed by atoms with Crippen LogP contribution in [0.2, 0.25) is 0 Å². The predicted molar refractivity (Wildman–Crippen MR) is 158 cm³/mol. The van der Waals surface area contributed by atoms with Gasteiger partial charge in [-0.15, -0.1) is 0 Å². The fourth-order valence-corrected chi connectivity index (χ4v) is 4.31. The van der Waals surface area contributed by atoms with Crippen molar-refractivity contribution in [3.63, 3.8) is 0 Å². The van der Waals surface area contributed by atoms with Gasteiger partial charge >= 0.3 is 18.1 Å². The van der Waals surface area contributed by atoms with E-state index in [-0.39, 0.29) is 12.3 Å². The lowest BCUT2D eigenvalue weighted by atomic mass is 9.98. The van der Waals surface area contributed by atoms with Crippen molar-refractivity contribution in [2.45, 2.75) is 63.7 Å². The molecule has 0 saturated carbocycles. The molecule has 2 atom stereocenters. The van der Waals surface area contributed by atoms with E-state index in [1.165, 1.54) is 0 Å². The Balaban J connectivity index is 1.70. The number of carbonyl (C=O) groups excluding carboxylic acids is 4. The number of halogens is 3. The summed E-state index contributed by atoms with van der Waals surface area (Å²) >= 11 is 0. The van der Waals surface area contributed by atoms with Gasteiger partial charge in [-0.3, -0.25) is 14.4 Å². The Kier molecular flexibility index (Phi) is 12.9. The van der Waals surface area contributed by atoms with Gasteiger partial charge in [0.15, 0.2) is 0 Å². The van der Waals surface area contributed by atoms with Crippen molar-refractivity contribution in [1.29, 1.82) is 0 Å². The number of nitrogens with zero attached hydrogens (tertiary/aromatic N) is 1. The number of nitrogens with one attached hydrogen (secondary N) is 3. The number of aromatic nitrogens is 1. The summed E-state index contributed by atoms with van der Waals surface area (Å²) < 4.78 is 42.0. The summed E-state index contributed by atoms with van der Waals surface area (Å²) in [6.07, 6.45) is -2.20. The van der Waals surface area contributed by atoms with Crippen molar-refractivity contribution in [3.8, 4) is 11.1 Å². The lowest BCUT2D eigenvalue weighted by Gasteiger charge is -2.24. The van der Waals surface area contributed by atoms with Crippen molar-refractivity contribution in [3.05, 3.63) is 84.6 Å². The number of hydrogen-bond acceptors (Lipinski definition) is 7. The average molecular weight is 613 g/mol. The third-order valence-corrected chi connectivity index (χ3v) is 6.60. The molecular weight excluding hydrogens is 577 g/mol. The number of unbranched alkanes of at least 4 members (excludes halogenated alkanes) is 1. The van der Waals surface area contributed by atoms with Crippen molar-refractivity contribution in [2.24, 2.45) is 0 Å². The Labute approximate surface area is 253 Å². The van der Waals surface area contributed by atoms with Gasteiger partial charge in [-0.1, -0.05) is 80.4 Å². The molecule has 12 heteroatoms. The summed E-state index contributed by atoms with van der Waals surface area (Å²) in [5.74, 6) is -4.41. The molecule has 0 aliphatic heterocycles. The number of carbonyl (C=O) groups is 4. The molecule has 0 aliphatic rings. The Morgan fingerprint density at radius 3 is 2.18 bits per heavy atom. The molecule has 0 aliphatic carbocycles. The minimum absolute atomic E-state index is 0.131. The smallest absolute Gasteiger partial charge is 0.386 e. The number of rotatable bonds is 15. The number of hydrogen-bond donors (Lipinski definition) is 3. The van der Waals surface area contributed by atoms with Gasteiger partial charge in [0.05, 0.1) is 12.5 Å². The standard InChI is InChI=1S/C32H35F3N4O5/c1-2-3-12-25(38-28(40)14-9-20-37-27-13-7-8-19-36-27)30(42)39-26(21-29(41)44-31(43)32(33,34)35)24-17-15-23(16-18-24)22-10-5-4-6-11-22/h4-8,10-11,13,15-19,25-26H,2-3,9,12,14,20-21H2,1H3,(H,36,37)(H,38,40)(H,39,42)/t25-,26?/m0/s1. The summed E-state index contributed by atoms with van der Waals surface area (Å²) in [5.41, 5.74) is 2.14. The van der Waals surface area contributed by atoms with Crippen LogP contribution in [0.15, 0.2) is 79.0 Å².